The molecule has 3 unspecified atom stereocenters. The van der Waals surface area contributed by atoms with Crippen LogP contribution in [0.4, 0.5) is 0 Å². The van der Waals surface area contributed by atoms with Crippen LogP contribution < -0.4 is 11.1 Å². The van der Waals surface area contributed by atoms with Gasteiger partial charge in [-0.25, -0.2) is 0 Å². The lowest BCUT2D eigenvalue weighted by Crippen LogP contribution is -2.50. The third-order valence-corrected chi connectivity index (χ3v) is 6.43. The predicted molar refractivity (Wildman–Crippen MR) is 97.0 cm³/mol. The lowest BCUT2D eigenvalue weighted by Gasteiger charge is -2.43. The van der Waals surface area contributed by atoms with Crippen molar-refractivity contribution in [2.75, 3.05) is 0 Å². The van der Waals surface area contributed by atoms with Crippen molar-refractivity contribution in [2.24, 2.45) is 23.5 Å². The Labute approximate surface area is 147 Å². The predicted octanol–water partition coefficient (Wildman–Crippen LogP) is 3.65. The van der Waals surface area contributed by atoms with Gasteiger partial charge in [0, 0.05) is 22.5 Å². The van der Waals surface area contributed by atoms with Crippen molar-refractivity contribution in [3.05, 3.63) is 34.3 Å². The molecule has 3 nitrogen and oxygen atoms in total. The molecule has 0 heterocycles. The standard InChI is InChI=1S/C19H27BrN2O/c1-12(9-13-5-2-3-8-17(13)20)22-19(23)16-10-14-6-4-7-15(11-16)18(14)21/h2-3,5,8,12,14-16,18H,4,6-7,9-11,21H2,1H3,(H,22,23). The second-order valence-electron chi connectivity index (χ2n) is 7.40. The number of fused-ring (bicyclic) bond motifs is 2. The maximum absolute atomic E-state index is 12.7. The van der Waals surface area contributed by atoms with E-state index in [-0.39, 0.29) is 17.9 Å². The lowest BCUT2D eigenvalue weighted by molar-refractivity contribution is -0.128. The van der Waals surface area contributed by atoms with E-state index in [4.69, 9.17) is 5.73 Å². The molecule has 23 heavy (non-hydrogen) atoms. The highest BCUT2D eigenvalue weighted by Crippen LogP contribution is 2.41. The molecule has 2 aliphatic carbocycles. The number of carbonyl (C=O) groups is 1. The SMILES string of the molecule is CC(Cc1ccccc1Br)NC(=O)C1CC2CCCC(C1)C2N. The number of rotatable bonds is 4. The molecule has 126 valence electrons. The topological polar surface area (TPSA) is 55.1 Å². The van der Waals surface area contributed by atoms with Gasteiger partial charge in [0.15, 0.2) is 0 Å². The van der Waals surface area contributed by atoms with Crippen LogP contribution in [0.3, 0.4) is 0 Å². The van der Waals surface area contributed by atoms with Gasteiger partial charge in [-0.15, -0.1) is 0 Å². The van der Waals surface area contributed by atoms with Gasteiger partial charge in [0.1, 0.15) is 0 Å². The van der Waals surface area contributed by atoms with Crippen molar-refractivity contribution in [3.63, 3.8) is 0 Å². The molecule has 1 aromatic rings. The Morgan fingerprint density at radius 3 is 2.61 bits per heavy atom. The maximum Gasteiger partial charge on any atom is 0.223 e. The molecule has 3 atom stereocenters. The van der Waals surface area contributed by atoms with Gasteiger partial charge in [0.25, 0.3) is 0 Å². The van der Waals surface area contributed by atoms with E-state index in [9.17, 15) is 4.79 Å². The van der Waals surface area contributed by atoms with Gasteiger partial charge < -0.3 is 11.1 Å². The molecule has 0 aliphatic heterocycles. The minimum atomic E-state index is 0.150. The summed E-state index contributed by atoms with van der Waals surface area (Å²) in [7, 11) is 0. The van der Waals surface area contributed by atoms with E-state index in [1.807, 2.05) is 18.2 Å². The van der Waals surface area contributed by atoms with Crippen molar-refractivity contribution in [1.29, 1.82) is 0 Å². The molecule has 1 amide bonds. The summed E-state index contributed by atoms with van der Waals surface area (Å²) in [6.07, 6.45) is 6.50. The second-order valence-corrected chi connectivity index (χ2v) is 8.26. The normalized spacial score (nSPS) is 31.4. The molecule has 2 fully saturated rings. The fraction of sp³-hybridized carbons (Fsp3) is 0.632. The number of hydrogen-bond acceptors (Lipinski definition) is 2. The quantitative estimate of drug-likeness (QED) is 0.839. The van der Waals surface area contributed by atoms with Crippen LogP contribution in [0.15, 0.2) is 28.7 Å². The highest BCUT2D eigenvalue weighted by molar-refractivity contribution is 9.10. The fourth-order valence-electron chi connectivity index (χ4n) is 4.41. The highest BCUT2D eigenvalue weighted by Gasteiger charge is 2.40. The van der Waals surface area contributed by atoms with Crippen LogP contribution in [0.1, 0.15) is 44.6 Å². The molecule has 0 spiro atoms. The highest BCUT2D eigenvalue weighted by atomic mass is 79.9. The van der Waals surface area contributed by atoms with Crippen LogP contribution >= 0.6 is 15.9 Å². The van der Waals surface area contributed by atoms with Gasteiger partial charge in [-0.1, -0.05) is 40.5 Å². The van der Waals surface area contributed by atoms with Crippen LogP contribution in [-0.2, 0) is 11.2 Å². The van der Waals surface area contributed by atoms with E-state index in [2.05, 4.69) is 34.2 Å². The molecule has 0 radical (unpaired) electrons. The van der Waals surface area contributed by atoms with Crippen molar-refractivity contribution in [2.45, 2.75) is 57.5 Å². The summed E-state index contributed by atoms with van der Waals surface area (Å²) in [5.74, 6) is 1.49. The molecule has 4 heteroatoms. The minimum Gasteiger partial charge on any atom is -0.353 e. The number of amides is 1. The van der Waals surface area contributed by atoms with Crippen molar-refractivity contribution in [1.82, 2.24) is 5.32 Å². The maximum atomic E-state index is 12.7. The van der Waals surface area contributed by atoms with E-state index < -0.39 is 0 Å². The van der Waals surface area contributed by atoms with E-state index in [1.165, 1.54) is 24.8 Å². The Morgan fingerprint density at radius 1 is 1.30 bits per heavy atom. The zero-order chi connectivity index (χ0) is 16.4. The van der Waals surface area contributed by atoms with Crippen LogP contribution in [0.5, 0.6) is 0 Å². The van der Waals surface area contributed by atoms with Gasteiger partial charge in [-0.05, 0) is 62.5 Å². The van der Waals surface area contributed by atoms with Crippen LogP contribution in [0.2, 0.25) is 0 Å². The molecular formula is C19H27BrN2O. The molecule has 1 aromatic carbocycles. The Balaban J connectivity index is 1.56. The largest absolute Gasteiger partial charge is 0.353 e. The molecule has 2 saturated carbocycles. The molecule has 2 bridgehead atoms. The summed E-state index contributed by atoms with van der Waals surface area (Å²) < 4.78 is 1.11. The summed E-state index contributed by atoms with van der Waals surface area (Å²) in [4.78, 5) is 12.7. The Morgan fingerprint density at radius 2 is 1.96 bits per heavy atom. The minimum absolute atomic E-state index is 0.150. The third kappa shape index (κ3) is 3.97. The Hall–Kier alpha value is -0.870. The number of nitrogens with two attached hydrogens (primary N) is 1. The first-order chi connectivity index (χ1) is 11.0. The van der Waals surface area contributed by atoms with Crippen LogP contribution in [0.25, 0.3) is 0 Å². The zero-order valence-electron chi connectivity index (χ0n) is 13.8. The summed E-state index contributed by atoms with van der Waals surface area (Å²) in [5.41, 5.74) is 7.57. The van der Waals surface area contributed by atoms with E-state index in [0.29, 0.717) is 17.9 Å². The van der Waals surface area contributed by atoms with E-state index >= 15 is 0 Å². The zero-order valence-corrected chi connectivity index (χ0v) is 15.4. The molecule has 3 rings (SSSR count). The number of carbonyl (C=O) groups excluding carboxylic acids is 1. The molecular weight excluding hydrogens is 352 g/mol. The average molecular weight is 379 g/mol. The monoisotopic (exact) mass is 378 g/mol. The Kier molecular flexibility index (Phi) is 5.42. The first-order valence-corrected chi connectivity index (χ1v) is 9.63. The number of benzene rings is 1. The second kappa shape index (κ2) is 7.35. The van der Waals surface area contributed by atoms with Gasteiger partial charge in [0.2, 0.25) is 5.91 Å². The fourth-order valence-corrected chi connectivity index (χ4v) is 4.86. The van der Waals surface area contributed by atoms with E-state index in [0.717, 1.165) is 23.7 Å². The van der Waals surface area contributed by atoms with Crippen molar-refractivity contribution < 1.29 is 4.79 Å². The van der Waals surface area contributed by atoms with Crippen LogP contribution in [-0.4, -0.2) is 18.0 Å². The summed E-state index contributed by atoms with van der Waals surface area (Å²) in [6.45, 7) is 2.09. The molecule has 2 aliphatic rings. The van der Waals surface area contributed by atoms with Gasteiger partial charge in [-0.2, -0.15) is 0 Å². The van der Waals surface area contributed by atoms with Crippen molar-refractivity contribution >= 4 is 21.8 Å². The van der Waals surface area contributed by atoms with Crippen molar-refractivity contribution in [3.8, 4) is 0 Å². The summed E-state index contributed by atoms with van der Waals surface area (Å²) in [6, 6.07) is 8.69. The van der Waals surface area contributed by atoms with Gasteiger partial charge in [-0.3, -0.25) is 4.79 Å². The van der Waals surface area contributed by atoms with Gasteiger partial charge in [0.05, 0.1) is 0 Å². The van der Waals surface area contributed by atoms with Crippen LogP contribution in [0, 0.1) is 17.8 Å². The first-order valence-electron chi connectivity index (χ1n) is 8.84. The molecule has 3 N–H and O–H groups in total. The Bertz CT molecular complexity index is 548. The number of halogens is 1. The first kappa shape index (κ1) is 17.0. The summed E-state index contributed by atoms with van der Waals surface area (Å²) >= 11 is 3.58. The third-order valence-electron chi connectivity index (χ3n) is 5.66. The van der Waals surface area contributed by atoms with Gasteiger partial charge >= 0.3 is 0 Å². The smallest absolute Gasteiger partial charge is 0.223 e. The number of nitrogens with one attached hydrogen (secondary N) is 1. The average Bonchev–Trinajstić information content (AvgIpc) is 2.49. The van der Waals surface area contributed by atoms with E-state index in [1.54, 1.807) is 0 Å². The molecule has 0 aromatic heterocycles. The lowest BCUT2D eigenvalue weighted by atomic mass is 9.65. The summed E-state index contributed by atoms with van der Waals surface area (Å²) in [5, 5.41) is 3.23. The number of hydrogen-bond donors (Lipinski definition) is 2. The molecule has 0 saturated heterocycles.